The number of aryl methyl sites for hydroxylation is 4. The minimum absolute atomic E-state index is 0.530. The smallest absolute Gasteiger partial charge is 0.0638 e. The van der Waals surface area contributed by atoms with Gasteiger partial charge >= 0.3 is 0 Å². The number of nitrogens with one attached hydrogen (secondary N) is 1. The molecule has 1 fully saturated rings. The molecule has 1 aromatic carbocycles. The molecule has 0 aliphatic carbocycles. The van der Waals surface area contributed by atoms with E-state index in [0.29, 0.717) is 6.04 Å². The average Bonchev–Trinajstić information content (AvgIpc) is 2.91. The highest BCUT2D eigenvalue weighted by Gasteiger charge is 2.21. The van der Waals surface area contributed by atoms with Gasteiger partial charge < -0.3 is 5.32 Å². The van der Waals surface area contributed by atoms with E-state index in [1.807, 2.05) is 4.68 Å². The van der Waals surface area contributed by atoms with Gasteiger partial charge in [-0.3, -0.25) is 9.58 Å². The van der Waals surface area contributed by atoms with E-state index in [0.717, 1.165) is 19.6 Å². The molecular formula is C20H30N4. The first-order chi connectivity index (χ1) is 11.5. The molecular weight excluding hydrogens is 296 g/mol. The quantitative estimate of drug-likeness (QED) is 0.904. The van der Waals surface area contributed by atoms with Crippen LogP contribution in [-0.2, 0) is 13.1 Å². The Kier molecular flexibility index (Phi) is 5.24. The predicted octanol–water partition coefficient (Wildman–Crippen LogP) is 3.90. The van der Waals surface area contributed by atoms with Gasteiger partial charge in [-0.15, -0.1) is 0 Å². The molecule has 0 saturated carbocycles. The molecule has 0 bridgehead atoms. The fraction of sp³-hybridized carbons (Fsp3) is 0.550. The van der Waals surface area contributed by atoms with Gasteiger partial charge in [0.05, 0.1) is 5.69 Å². The first-order valence-corrected chi connectivity index (χ1v) is 9.14. The second kappa shape index (κ2) is 7.39. The number of rotatable bonds is 5. The number of likely N-dealkylation sites (tertiary alicyclic amines) is 1. The third-order valence-corrected chi connectivity index (χ3v) is 5.15. The van der Waals surface area contributed by atoms with E-state index in [4.69, 9.17) is 0 Å². The Morgan fingerprint density at radius 2 is 2.04 bits per heavy atom. The molecule has 0 radical (unpaired) electrons. The number of piperidine rings is 1. The number of hydrogen-bond donors (Lipinski definition) is 1. The van der Waals surface area contributed by atoms with Crippen molar-refractivity contribution in [2.75, 3.05) is 18.4 Å². The Balaban J connectivity index is 1.61. The highest BCUT2D eigenvalue weighted by Crippen LogP contribution is 2.20. The highest BCUT2D eigenvalue weighted by molar-refractivity contribution is 5.48. The van der Waals surface area contributed by atoms with E-state index in [2.05, 4.69) is 67.4 Å². The van der Waals surface area contributed by atoms with Crippen LogP contribution in [0.4, 0.5) is 5.69 Å². The standard InChI is InChI=1S/C20H30N4/c1-5-24-13-18(17(4)22-24)12-23-10-6-7-20(14-23)21-19-9-8-15(2)16(3)11-19/h8-9,11,13,20-21H,5-7,10,12,14H2,1-4H3. The van der Waals surface area contributed by atoms with Crippen LogP contribution in [0.15, 0.2) is 24.4 Å². The van der Waals surface area contributed by atoms with Crippen LogP contribution in [0.5, 0.6) is 0 Å². The Morgan fingerprint density at radius 1 is 1.21 bits per heavy atom. The third-order valence-electron chi connectivity index (χ3n) is 5.15. The van der Waals surface area contributed by atoms with Crippen LogP contribution in [-0.4, -0.2) is 33.8 Å². The molecule has 24 heavy (non-hydrogen) atoms. The van der Waals surface area contributed by atoms with Gasteiger partial charge in [0.1, 0.15) is 0 Å². The second-order valence-electron chi connectivity index (χ2n) is 7.11. The topological polar surface area (TPSA) is 33.1 Å². The fourth-order valence-electron chi connectivity index (χ4n) is 3.50. The Labute approximate surface area is 145 Å². The lowest BCUT2D eigenvalue weighted by molar-refractivity contribution is 0.208. The van der Waals surface area contributed by atoms with Crippen LogP contribution in [0.25, 0.3) is 0 Å². The van der Waals surface area contributed by atoms with E-state index in [-0.39, 0.29) is 0 Å². The summed E-state index contributed by atoms with van der Waals surface area (Å²) in [6.07, 6.45) is 4.70. The number of anilines is 1. The Hall–Kier alpha value is -1.81. The zero-order valence-corrected chi connectivity index (χ0v) is 15.5. The zero-order valence-electron chi connectivity index (χ0n) is 15.5. The SMILES string of the molecule is CCn1cc(CN2CCCC(Nc3ccc(C)c(C)c3)C2)c(C)n1. The Bertz CT molecular complexity index is 689. The van der Waals surface area contributed by atoms with Crippen LogP contribution in [0.2, 0.25) is 0 Å². The van der Waals surface area contributed by atoms with Gasteiger partial charge in [0.25, 0.3) is 0 Å². The van der Waals surface area contributed by atoms with Crippen molar-refractivity contribution in [3.8, 4) is 0 Å². The summed E-state index contributed by atoms with van der Waals surface area (Å²) in [5.74, 6) is 0. The zero-order chi connectivity index (χ0) is 17.1. The lowest BCUT2D eigenvalue weighted by atomic mass is 10.0. The van der Waals surface area contributed by atoms with Crippen LogP contribution < -0.4 is 5.32 Å². The number of nitrogens with zero attached hydrogens (tertiary/aromatic N) is 3. The molecule has 130 valence electrons. The summed E-state index contributed by atoms with van der Waals surface area (Å²) in [5, 5.41) is 8.31. The molecule has 0 amide bonds. The molecule has 1 saturated heterocycles. The number of aromatic nitrogens is 2. The van der Waals surface area contributed by atoms with Gasteiger partial charge in [0.2, 0.25) is 0 Å². The summed E-state index contributed by atoms with van der Waals surface area (Å²) >= 11 is 0. The normalized spacial score (nSPS) is 18.8. The lowest BCUT2D eigenvalue weighted by Gasteiger charge is -2.33. The van der Waals surface area contributed by atoms with Crippen LogP contribution in [0.3, 0.4) is 0 Å². The van der Waals surface area contributed by atoms with E-state index >= 15 is 0 Å². The van der Waals surface area contributed by atoms with E-state index in [1.165, 1.54) is 47.5 Å². The molecule has 1 atom stereocenters. The molecule has 4 nitrogen and oxygen atoms in total. The lowest BCUT2D eigenvalue weighted by Crippen LogP contribution is -2.41. The fourth-order valence-corrected chi connectivity index (χ4v) is 3.50. The van der Waals surface area contributed by atoms with Crippen molar-refractivity contribution in [1.82, 2.24) is 14.7 Å². The second-order valence-corrected chi connectivity index (χ2v) is 7.11. The van der Waals surface area contributed by atoms with Gasteiger partial charge in [0.15, 0.2) is 0 Å². The van der Waals surface area contributed by atoms with Crippen molar-refractivity contribution < 1.29 is 0 Å². The molecule has 0 spiro atoms. The number of benzene rings is 1. The third kappa shape index (κ3) is 3.99. The summed E-state index contributed by atoms with van der Waals surface area (Å²) in [5.41, 5.74) is 6.49. The maximum Gasteiger partial charge on any atom is 0.0638 e. The predicted molar refractivity (Wildman–Crippen MR) is 100 cm³/mol. The first kappa shape index (κ1) is 17.0. The van der Waals surface area contributed by atoms with Crippen molar-refractivity contribution in [3.63, 3.8) is 0 Å². The van der Waals surface area contributed by atoms with E-state index in [9.17, 15) is 0 Å². The maximum absolute atomic E-state index is 4.57. The van der Waals surface area contributed by atoms with Crippen molar-refractivity contribution in [2.24, 2.45) is 0 Å². The van der Waals surface area contributed by atoms with Gasteiger partial charge in [-0.05, 0) is 70.3 Å². The summed E-state index contributed by atoms with van der Waals surface area (Å²) in [6, 6.07) is 7.21. The van der Waals surface area contributed by atoms with Crippen molar-refractivity contribution in [2.45, 2.75) is 59.7 Å². The van der Waals surface area contributed by atoms with Gasteiger partial charge in [-0.1, -0.05) is 6.07 Å². The van der Waals surface area contributed by atoms with E-state index in [1.54, 1.807) is 0 Å². The first-order valence-electron chi connectivity index (χ1n) is 9.14. The van der Waals surface area contributed by atoms with Crippen molar-refractivity contribution in [3.05, 3.63) is 46.8 Å². The molecule has 1 aliphatic heterocycles. The Morgan fingerprint density at radius 3 is 2.75 bits per heavy atom. The monoisotopic (exact) mass is 326 g/mol. The molecule has 2 aromatic rings. The molecule has 1 aliphatic rings. The molecule has 3 rings (SSSR count). The summed E-state index contributed by atoms with van der Waals surface area (Å²) in [4.78, 5) is 2.56. The van der Waals surface area contributed by atoms with Crippen LogP contribution in [0.1, 0.15) is 42.1 Å². The summed E-state index contributed by atoms with van der Waals surface area (Å²) in [7, 11) is 0. The maximum atomic E-state index is 4.57. The summed E-state index contributed by atoms with van der Waals surface area (Å²) < 4.78 is 2.04. The van der Waals surface area contributed by atoms with Crippen LogP contribution in [0, 0.1) is 20.8 Å². The van der Waals surface area contributed by atoms with Gasteiger partial charge in [-0.2, -0.15) is 5.10 Å². The average molecular weight is 326 g/mol. The molecule has 1 aromatic heterocycles. The minimum atomic E-state index is 0.530. The van der Waals surface area contributed by atoms with Gasteiger partial charge in [-0.25, -0.2) is 0 Å². The molecule has 2 heterocycles. The minimum Gasteiger partial charge on any atom is -0.381 e. The summed E-state index contributed by atoms with van der Waals surface area (Å²) in [6.45, 7) is 12.8. The van der Waals surface area contributed by atoms with Crippen molar-refractivity contribution in [1.29, 1.82) is 0 Å². The van der Waals surface area contributed by atoms with E-state index < -0.39 is 0 Å². The highest BCUT2D eigenvalue weighted by atomic mass is 15.3. The largest absolute Gasteiger partial charge is 0.381 e. The van der Waals surface area contributed by atoms with Crippen molar-refractivity contribution >= 4 is 5.69 Å². The molecule has 4 heteroatoms. The number of hydrogen-bond acceptors (Lipinski definition) is 3. The van der Waals surface area contributed by atoms with Gasteiger partial charge in [0, 0.05) is 43.1 Å². The molecule has 1 N–H and O–H groups in total. The molecule has 1 unspecified atom stereocenters. The van der Waals surface area contributed by atoms with Crippen LogP contribution >= 0.6 is 0 Å².